The molecule has 0 saturated carbocycles. The van der Waals surface area contributed by atoms with Crippen LogP contribution >= 0.6 is 0 Å². The molecule has 0 aromatic carbocycles. The van der Waals surface area contributed by atoms with Crippen molar-refractivity contribution in [1.82, 2.24) is 0 Å². The molecule has 2 heteroatoms. The van der Waals surface area contributed by atoms with Gasteiger partial charge in [0.2, 0.25) is 0 Å². The van der Waals surface area contributed by atoms with Gasteiger partial charge >= 0.3 is 0 Å². The first kappa shape index (κ1) is 11.9. The molecule has 0 aromatic heterocycles. The van der Waals surface area contributed by atoms with Gasteiger partial charge in [-0.05, 0) is 20.8 Å². The number of aliphatic hydroxyl groups is 1. The summed E-state index contributed by atoms with van der Waals surface area (Å²) in [6, 6.07) is 0. The molecule has 0 unspecified atom stereocenters. The van der Waals surface area contributed by atoms with E-state index in [1.54, 1.807) is 6.92 Å². The average molecular weight is 144 g/mol. The van der Waals surface area contributed by atoms with Crippen molar-refractivity contribution in [3.8, 4) is 0 Å². The summed E-state index contributed by atoms with van der Waals surface area (Å²) in [6.45, 7) is 8.52. The SMILES string of the molecule is CC.CC(=O)/C(C)=C(\C)O. The molecule has 0 atom stereocenters. The van der Waals surface area contributed by atoms with Crippen LogP contribution in [0.1, 0.15) is 34.6 Å². The molecule has 0 bridgehead atoms. The molecule has 0 amide bonds. The molecular formula is C8H16O2. The first-order valence-corrected chi connectivity index (χ1v) is 3.43. The van der Waals surface area contributed by atoms with E-state index in [1.165, 1.54) is 13.8 Å². The molecule has 0 aliphatic rings. The van der Waals surface area contributed by atoms with E-state index in [1.807, 2.05) is 13.8 Å². The monoisotopic (exact) mass is 144 g/mol. The van der Waals surface area contributed by atoms with Crippen LogP contribution in [0.5, 0.6) is 0 Å². The zero-order valence-corrected chi connectivity index (χ0v) is 7.36. The third-order valence-electron chi connectivity index (χ3n) is 1.07. The molecule has 0 aliphatic heterocycles. The summed E-state index contributed by atoms with van der Waals surface area (Å²) >= 11 is 0. The Morgan fingerprint density at radius 3 is 1.40 bits per heavy atom. The first-order valence-electron chi connectivity index (χ1n) is 3.43. The van der Waals surface area contributed by atoms with Crippen LogP contribution in [0.15, 0.2) is 11.3 Å². The number of carbonyl (C=O) groups excluding carboxylic acids is 1. The Morgan fingerprint density at radius 2 is 1.40 bits per heavy atom. The Kier molecular flexibility index (Phi) is 7.56. The largest absolute Gasteiger partial charge is 0.512 e. The van der Waals surface area contributed by atoms with Crippen LogP contribution in [0.3, 0.4) is 0 Å². The molecule has 0 fully saturated rings. The van der Waals surface area contributed by atoms with Crippen LogP contribution in [-0.2, 0) is 4.79 Å². The molecule has 2 nitrogen and oxygen atoms in total. The minimum absolute atomic E-state index is 0.0787. The fraction of sp³-hybridized carbons (Fsp3) is 0.625. The molecule has 0 saturated heterocycles. The van der Waals surface area contributed by atoms with E-state index < -0.39 is 0 Å². The zero-order chi connectivity index (χ0) is 8.73. The molecule has 0 aliphatic carbocycles. The number of ketones is 1. The van der Waals surface area contributed by atoms with E-state index in [0.29, 0.717) is 5.57 Å². The van der Waals surface area contributed by atoms with Crippen LogP contribution in [0, 0.1) is 0 Å². The molecule has 0 aromatic rings. The van der Waals surface area contributed by atoms with Crippen molar-refractivity contribution in [3.63, 3.8) is 0 Å². The van der Waals surface area contributed by atoms with E-state index in [4.69, 9.17) is 5.11 Å². The lowest BCUT2D eigenvalue weighted by molar-refractivity contribution is -0.113. The van der Waals surface area contributed by atoms with Crippen molar-refractivity contribution < 1.29 is 9.90 Å². The minimum Gasteiger partial charge on any atom is -0.512 e. The summed E-state index contributed by atoms with van der Waals surface area (Å²) in [6.07, 6.45) is 0. The van der Waals surface area contributed by atoms with Crippen LogP contribution in [0.2, 0.25) is 0 Å². The highest BCUT2D eigenvalue weighted by atomic mass is 16.3. The number of allylic oxidation sites excluding steroid dienone is 2. The molecule has 10 heavy (non-hydrogen) atoms. The van der Waals surface area contributed by atoms with Gasteiger partial charge in [-0.3, -0.25) is 4.79 Å². The maximum atomic E-state index is 10.4. The quantitative estimate of drug-likeness (QED) is 0.453. The lowest BCUT2D eigenvalue weighted by atomic mass is 10.2. The number of carbonyl (C=O) groups is 1. The van der Waals surface area contributed by atoms with Crippen molar-refractivity contribution in [3.05, 3.63) is 11.3 Å². The third kappa shape index (κ3) is 5.35. The summed E-state index contributed by atoms with van der Waals surface area (Å²) in [5, 5.41) is 8.65. The van der Waals surface area contributed by atoms with E-state index >= 15 is 0 Å². The lowest BCUT2D eigenvalue weighted by Crippen LogP contribution is -1.94. The molecule has 0 spiro atoms. The first-order chi connectivity index (χ1) is 4.55. The van der Waals surface area contributed by atoms with Gasteiger partial charge in [-0.25, -0.2) is 0 Å². The van der Waals surface area contributed by atoms with Gasteiger partial charge in [0.25, 0.3) is 0 Å². The highest BCUT2D eigenvalue weighted by Crippen LogP contribution is 1.98. The van der Waals surface area contributed by atoms with Gasteiger partial charge in [0.15, 0.2) is 5.78 Å². The standard InChI is InChI=1S/C6H10O2.C2H6/c1-4(5(2)7)6(3)8;1-2/h7H,1-3H3;1-2H3/b5-4+;. The predicted molar refractivity (Wildman–Crippen MR) is 43.0 cm³/mol. The van der Waals surface area contributed by atoms with Gasteiger partial charge < -0.3 is 5.11 Å². The van der Waals surface area contributed by atoms with Crippen LogP contribution in [0.25, 0.3) is 0 Å². The highest BCUT2D eigenvalue weighted by Gasteiger charge is 1.97. The average Bonchev–Trinajstić information content (AvgIpc) is 1.90. The summed E-state index contributed by atoms with van der Waals surface area (Å²) in [5.74, 6) is 0.0301. The van der Waals surface area contributed by atoms with E-state index in [2.05, 4.69) is 0 Å². The maximum Gasteiger partial charge on any atom is 0.158 e. The lowest BCUT2D eigenvalue weighted by Gasteiger charge is -1.92. The van der Waals surface area contributed by atoms with Crippen LogP contribution in [0.4, 0.5) is 0 Å². The second kappa shape index (κ2) is 6.33. The summed E-state index contributed by atoms with van der Waals surface area (Å²) in [7, 11) is 0. The van der Waals surface area contributed by atoms with Crippen molar-refractivity contribution in [2.75, 3.05) is 0 Å². The van der Waals surface area contributed by atoms with Crippen molar-refractivity contribution in [1.29, 1.82) is 0 Å². The van der Waals surface area contributed by atoms with Crippen molar-refractivity contribution >= 4 is 5.78 Å². The molecular weight excluding hydrogens is 128 g/mol. The molecule has 0 heterocycles. The van der Waals surface area contributed by atoms with Gasteiger partial charge in [0, 0.05) is 5.57 Å². The van der Waals surface area contributed by atoms with E-state index in [0.717, 1.165) is 0 Å². The van der Waals surface area contributed by atoms with Gasteiger partial charge in [-0.1, -0.05) is 13.8 Å². The van der Waals surface area contributed by atoms with Gasteiger partial charge in [0.05, 0.1) is 5.76 Å². The molecule has 0 rings (SSSR count). The van der Waals surface area contributed by atoms with Gasteiger partial charge in [-0.2, -0.15) is 0 Å². The normalized spacial score (nSPS) is 10.9. The zero-order valence-electron chi connectivity index (χ0n) is 7.36. The number of Topliss-reactive ketones (excluding diaryl/α,β-unsaturated/α-hetero) is 1. The van der Waals surface area contributed by atoms with Crippen LogP contribution in [-0.4, -0.2) is 10.9 Å². The smallest absolute Gasteiger partial charge is 0.158 e. The Hall–Kier alpha value is -0.790. The number of hydrogen-bond acceptors (Lipinski definition) is 2. The number of aliphatic hydroxyl groups excluding tert-OH is 1. The van der Waals surface area contributed by atoms with Crippen LogP contribution < -0.4 is 0 Å². The molecule has 0 radical (unpaired) electrons. The number of rotatable bonds is 1. The second-order valence-corrected chi connectivity index (χ2v) is 1.77. The minimum atomic E-state index is -0.0787. The number of hydrogen-bond donors (Lipinski definition) is 1. The van der Waals surface area contributed by atoms with Gasteiger partial charge in [0.1, 0.15) is 0 Å². The van der Waals surface area contributed by atoms with E-state index in [9.17, 15) is 4.79 Å². The summed E-state index contributed by atoms with van der Waals surface area (Å²) in [5.41, 5.74) is 0.435. The summed E-state index contributed by atoms with van der Waals surface area (Å²) in [4.78, 5) is 10.4. The summed E-state index contributed by atoms with van der Waals surface area (Å²) < 4.78 is 0. The van der Waals surface area contributed by atoms with Crippen molar-refractivity contribution in [2.45, 2.75) is 34.6 Å². The molecule has 1 N–H and O–H groups in total. The predicted octanol–water partition coefficient (Wildman–Crippen LogP) is 2.45. The fourth-order valence-electron chi connectivity index (χ4n) is 0.255. The Balaban J connectivity index is 0. The topological polar surface area (TPSA) is 37.3 Å². The third-order valence-corrected chi connectivity index (χ3v) is 1.07. The second-order valence-electron chi connectivity index (χ2n) is 1.77. The highest BCUT2D eigenvalue weighted by molar-refractivity contribution is 5.92. The Bertz CT molecular complexity index is 130. The Labute approximate surface area is 62.6 Å². The van der Waals surface area contributed by atoms with E-state index in [-0.39, 0.29) is 11.5 Å². The van der Waals surface area contributed by atoms with Crippen molar-refractivity contribution in [2.24, 2.45) is 0 Å². The Morgan fingerprint density at radius 1 is 1.10 bits per heavy atom. The van der Waals surface area contributed by atoms with Gasteiger partial charge in [-0.15, -0.1) is 0 Å². The molecule has 60 valence electrons. The fourth-order valence-corrected chi connectivity index (χ4v) is 0.255. The maximum absolute atomic E-state index is 10.4.